The second-order valence-corrected chi connectivity index (χ2v) is 4.32. The Labute approximate surface area is 114 Å². The van der Waals surface area contributed by atoms with Gasteiger partial charge in [0.15, 0.2) is 0 Å². The minimum atomic E-state index is -0.0267. The molecule has 1 amide bonds. The van der Waals surface area contributed by atoms with Crippen LogP contribution in [0.5, 0.6) is 0 Å². The molecule has 0 aliphatic rings. The van der Waals surface area contributed by atoms with E-state index < -0.39 is 0 Å². The summed E-state index contributed by atoms with van der Waals surface area (Å²) in [5, 5.41) is 9.02. The van der Waals surface area contributed by atoms with Gasteiger partial charge in [-0.15, -0.1) is 0 Å². The summed E-state index contributed by atoms with van der Waals surface area (Å²) in [7, 11) is 0. The largest absolute Gasteiger partial charge is 0.370 e. The summed E-state index contributed by atoms with van der Waals surface area (Å²) < 4.78 is 0. The van der Waals surface area contributed by atoms with Crippen molar-refractivity contribution < 1.29 is 4.79 Å². The maximum absolute atomic E-state index is 11.5. The van der Waals surface area contributed by atoms with Gasteiger partial charge < -0.3 is 16.0 Å². The number of hydrogen-bond donors (Lipinski definition) is 3. The van der Waals surface area contributed by atoms with Gasteiger partial charge in [0.1, 0.15) is 17.5 Å². The van der Waals surface area contributed by atoms with Gasteiger partial charge in [0.25, 0.3) is 0 Å². The maximum atomic E-state index is 11.5. The second kappa shape index (κ2) is 8.29. The van der Waals surface area contributed by atoms with Crippen LogP contribution in [0.2, 0.25) is 0 Å². The standard InChI is InChI=1S/C13H23N5O/c1-4-6-14-11-8-12(18-10(3)17-11)16-9-13(19)15-7-5-2/h8H,4-7,9H2,1-3H3,(H,15,19)(H2,14,16,17,18). The number of aryl methyl sites for hydroxylation is 1. The molecule has 6 nitrogen and oxygen atoms in total. The van der Waals surface area contributed by atoms with E-state index in [2.05, 4.69) is 32.8 Å². The molecule has 0 saturated heterocycles. The van der Waals surface area contributed by atoms with Crippen LogP contribution in [-0.2, 0) is 4.79 Å². The highest BCUT2D eigenvalue weighted by molar-refractivity contribution is 5.80. The number of nitrogens with one attached hydrogen (secondary N) is 3. The van der Waals surface area contributed by atoms with Crippen molar-refractivity contribution in [2.75, 3.05) is 30.3 Å². The van der Waals surface area contributed by atoms with Gasteiger partial charge in [-0.25, -0.2) is 9.97 Å². The molecule has 19 heavy (non-hydrogen) atoms. The highest BCUT2D eigenvalue weighted by atomic mass is 16.1. The second-order valence-electron chi connectivity index (χ2n) is 4.32. The molecule has 1 aromatic heterocycles. The van der Waals surface area contributed by atoms with Gasteiger partial charge in [-0.2, -0.15) is 0 Å². The van der Waals surface area contributed by atoms with Crippen molar-refractivity contribution in [1.29, 1.82) is 0 Å². The van der Waals surface area contributed by atoms with Crippen LogP contribution in [0.4, 0.5) is 11.6 Å². The summed E-state index contributed by atoms with van der Waals surface area (Å²) in [5.74, 6) is 2.10. The summed E-state index contributed by atoms with van der Waals surface area (Å²) in [6, 6.07) is 1.82. The van der Waals surface area contributed by atoms with Gasteiger partial charge in [0.2, 0.25) is 5.91 Å². The van der Waals surface area contributed by atoms with E-state index in [0.29, 0.717) is 18.2 Å². The lowest BCUT2D eigenvalue weighted by atomic mass is 10.4. The van der Waals surface area contributed by atoms with Crippen LogP contribution in [0, 0.1) is 6.92 Å². The summed E-state index contributed by atoms with van der Waals surface area (Å²) in [6.45, 7) is 7.74. The van der Waals surface area contributed by atoms with E-state index in [4.69, 9.17) is 0 Å². The number of hydrogen-bond acceptors (Lipinski definition) is 5. The Kier molecular flexibility index (Phi) is 6.63. The molecule has 0 aliphatic heterocycles. The van der Waals surface area contributed by atoms with Crippen molar-refractivity contribution in [3.05, 3.63) is 11.9 Å². The lowest BCUT2D eigenvalue weighted by molar-refractivity contribution is -0.119. The average Bonchev–Trinajstić information content (AvgIpc) is 2.40. The first-order chi connectivity index (χ1) is 9.15. The van der Waals surface area contributed by atoms with E-state index in [9.17, 15) is 4.79 Å². The predicted molar refractivity (Wildman–Crippen MR) is 77.3 cm³/mol. The van der Waals surface area contributed by atoms with E-state index in [-0.39, 0.29) is 12.5 Å². The third-order valence-electron chi connectivity index (χ3n) is 2.40. The zero-order valence-electron chi connectivity index (χ0n) is 11.9. The quantitative estimate of drug-likeness (QED) is 0.664. The molecule has 106 valence electrons. The Bertz CT molecular complexity index is 408. The van der Waals surface area contributed by atoms with E-state index in [1.165, 1.54) is 0 Å². The topological polar surface area (TPSA) is 78.9 Å². The summed E-state index contributed by atoms with van der Waals surface area (Å²) in [6.07, 6.45) is 1.97. The van der Waals surface area contributed by atoms with Crippen molar-refractivity contribution in [3.8, 4) is 0 Å². The van der Waals surface area contributed by atoms with Crippen LogP contribution in [0.15, 0.2) is 6.07 Å². The van der Waals surface area contributed by atoms with E-state index in [0.717, 1.165) is 25.2 Å². The molecule has 0 aromatic carbocycles. The Balaban J connectivity index is 2.52. The van der Waals surface area contributed by atoms with E-state index >= 15 is 0 Å². The molecule has 1 heterocycles. The average molecular weight is 265 g/mol. The number of carbonyl (C=O) groups is 1. The summed E-state index contributed by atoms with van der Waals surface area (Å²) >= 11 is 0. The normalized spacial score (nSPS) is 10.1. The van der Waals surface area contributed by atoms with E-state index in [1.54, 1.807) is 0 Å². The molecule has 0 atom stereocenters. The number of carbonyl (C=O) groups excluding carboxylic acids is 1. The first-order valence-corrected chi connectivity index (χ1v) is 6.75. The number of nitrogens with zero attached hydrogens (tertiary/aromatic N) is 2. The molecule has 3 N–H and O–H groups in total. The zero-order valence-corrected chi connectivity index (χ0v) is 11.9. The molecule has 0 aliphatic carbocycles. The summed E-state index contributed by atoms with van der Waals surface area (Å²) in [5.41, 5.74) is 0. The maximum Gasteiger partial charge on any atom is 0.239 e. The number of amides is 1. The van der Waals surface area contributed by atoms with Gasteiger partial charge in [-0.05, 0) is 19.8 Å². The van der Waals surface area contributed by atoms with Gasteiger partial charge in [-0.1, -0.05) is 13.8 Å². The van der Waals surface area contributed by atoms with Gasteiger partial charge in [0.05, 0.1) is 6.54 Å². The van der Waals surface area contributed by atoms with E-state index in [1.807, 2.05) is 19.9 Å². The molecule has 1 rings (SSSR count). The van der Waals surface area contributed by atoms with Crippen LogP contribution < -0.4 is 16.0 Å². The molecule has 1 aromatic rings. The van der Waals surface area contributed by atoms with Crippen molar-refractivity contribution >= 4 is 17.5 Å². The monoisotopic (exact) mass is 265 g/mol. The minimum Gasteiger partial charge on any atom is -0.370 e. The van der Waals surface area contributed by atoms with Gasteiger partial charge >= 0.3 is 0 Å². The first-order valence-electron chi connectivity index (χ1n) is 6.75. The third-order valence-corrected chi connectivity index (χ3v) is 2.40. The fraction of sp³-hybridized carbons (Fsp3) is 0.615. The van der Waals surface area contributed by atoms with Crippen molar-refractivity contribution in [2.45, 2.75) is 33.6 Å². The lowest BCUT2D eigenvalue weighted by Gasteiger charge is -2.09. The highest BCUT2D eigenvalue weighted by Crippen LogP contribution is 2.10. The third kappa shape index (κ3) is 6.03. The Morgan fingerprint density at radius 2 is 1.74 bits per heavy atom. The zero-order chi connectivity index (χ0) is 14.1. The summed E-state index contributed by atoms with van der Waals surface area (Å²) in [4.78, 5) is 20.0. The fourth-order valence-corrected chi connectivity index (χ4v) is 1.50. The van der Waals surface area contributed by atoms with Crippen LogP contribution in [-0.4, -0.2) is 35.5 Å². The first kappa shape index (κ1) is 15.2. The van der Waals surface area contributed by atoms with Gasteiger partial charge in [0, 0.05) is 19.2 Å². The molecular formula is C13H23N5O. The molecule has 0 unspecified atom stereocenters. The van der Waals surface area contributed by atoms with Gasteiger partial charge in [-0.3, -0.25) is 4.79 Å². The smallest absolute Gasteiger partial charge is 0.239 e. The molecule has 0 radical (unpaired) electrons. The fourth-order valence-electron chi connectivity index (χ4n) is 1.50. The molecular weight excluding hydrogens is 242 g/mol. The van der Waals surface area contributed by atoms with Crippen LogP contribution in [0.1, 0.15) is 32.5 Å². The van der Waals surface area contributed by atoms with Crippen LogP contribution in [0.3, 0.4) is 0 Å². The number of aromatic nitrogens is 2. The highest BCUT2D eigenvalue weighted by Gasteiger charge is 2.04. The number of rotatable bonds is 8. The van der Waals surface area contributed by atoms with Crippen LogP contribution in [0.25, 0.3) is 0 Å². The Hall–Kier alpha value is -1.85. The molecule has 0 spiro atoms. The SMILES string of the molecule is CCCNC(=O)CNc1cc(NCCC)nc(C)n1. The number of anilines is 2. The lowest BCUT2D eigenvalue weighted by Crippen LogP contribution is -2.30. The molecule has 0 saturated carbocycles. The van der Waals surface area contributed by atoms with Crippen molar-refractivity contribution in [2.24, 2.45) is 0 Å². The predicted octanol–water partition coefficient (Wildman–Crippen LogP) is 1.55. The van der Waals surface area contributed by atoms with Crippen LogP contribution >= 0.6 is 0 Å². The minimum absolute atomic E-state index is 0.0267. The Morgan fingerprint density at radius 3 is 2.37 bits per heavy atom. The Morgan fingerprint density at radius 1 is 1.11 bits per heavy atom. The van der Waals surface area contributed by atoms with Crippen molar-refractivity contribution in [1.82, 2.24) is 15.3 Å². The molecule has 6 heteroatoms. The molecule has 0 bridgehead atoms. The van der Waals surface area contributed by atoms with Crippen molar-refractivity contribution in [3.63, 3.8) is 0 Å². The molecule has 0 fully saturated rings.